The van der Waals surface area contributed by atoms with Crippen molar-refractivity contribution in [2.75, 3.05) is 26.7 Å². The van der Waals surface area contributed by atoms with Crippen molar-refractivity contribution in [3.8, 4) is 5.75 Å². The summed E-state index contributed by atoms with van der Waals surface area (Å²) in [5.74, 6) is 0.453. The molecule has 1 aliphatic heterocycles. The third-order valence-corrected chi connectivity index (χ3v) is 8.87. The molecule has 4 aromatic rings. The highest BCUT2D eigenvalue weighted by Gasteiger charge is 2.26. The fourth-order valence-corrected chi connectivity index (χ4v) is 6.50. The van der Waals surface area contributed by atoms with Gasteiger partial charge in [0.25, 0.3) is 0 Å². The molecule has 0 saturated carbocycles. The molecule has 0 radical (unpaired) electrons. The van der Waals surface area contributed by atoms with Gasteiger partial charge >= 0.3 is 5.97 Å². The molecule has 0 amide bonds. The predicted molar refractivity (Wildman–Crippen MR) is 173 cm³/mol. The molecule has 0 unspecified atom stereocenters. The van der Waals surface area contributed by atoms with Gasteiger partial charge in [0, 0.05) is 46.9 Å². The molecular weight excluding hydrogens is 552 g/mol. The molecule has 0 spiro atoms. The lowest BCUT2D eigenvalue weighted by molar-refractivity contribution is 0.0527. The lowest BCUT2D eigenvalue weighted by atomic mass is 9.97. The molecule has 41 heavy (non-hydrogen) atoms. The Morgan fingerprint density at radius 3 is 2.41 bits per heavy atom. The van der Waals surface area contributed by atoms with Crippen LogP contribution in [0.4, 0.5) is 0 Å². The maximum absolute atomic E-state index is 13.5. The van der Waals surface area contributed by atoms with Crippen molar-refractivity contribution >= 4 is 46.6 Å². The summed E-state index contributed by atoms with van der Waals surface area (Å²) in [5.41, 5.74) is 9.19. The number of hydrogen-bond donors (Lipinski definition) is 1. The zero-order chi connectivity index (χ0) is 28.4. The number of aryl methyl sites for hydroxylation is 3. The Labute approximate surface area is 253 Å². The van der Waals surface area contributed by atoms with Crippen LogP contribution in [0.2, 0.25) is 0 Å². The second kappa shape index (κ2) is 13.2. The largest absolute Gasteiger partial charge is 0.507 e. The van der Waals surface area contributed by atoms with Crippen molar-refractivity contribution in [2.45, 2.75) is 51.3 Å². The first-order chi connectivity index (χ1) is 19.2. The fourth-order valence-electron chi connectivity index (χ4n) is 5.45. The minimum Gasteiger partial charge on any atom is -0.507 e. The summed E-state index contributed by atoms with van der Waals surface area (Å²) in [6, 6.07) is 18.9. The number of esters is 1. The summed E-state index contributed by atoms with van der Waals surface area (Å²) >= 11 is 1.73. The molecule has 3 aromatic carbocycles. The second-order valence-corrected chi connectivity index (χ2v) is 11.8. The molecule has 1 N–H and O–H groups in total. The third-order valence-electron chi connectivity index (χ3n) is 7.68. The average Bonchev–Trinajstić information content (AvgIpc) is 3.21. The topological polar surface area (TPSA) is 54.7 Å². The number of benzene rings is 3. The van der Waals surface area contributed by atoms with Crippen LogP contribution in [0, 0.1) is 20.8 Å². The van der Waals surface area contributed by atoms with Crippen molar-refractivity contribution in [1.82, 2.24) is 9.47 Å². The van der Waals surface area contributed by atoms with E-state index >= 15 is 0 Å². The van der Waals surface area contributed by atoms with E-state index in [2.05, 4.69) is 91.9 Å². The summed E-state index contributed by atoms with van der Waals surface area (Å²) in [5, 5.41) is 12.0. The van der Waals surface area contributed by atoms with Crippen molar-refractivity contribution in [1.29, 1.82) is 0 Å². The van der Waals surface area contributed by atoms with Crippen LogP contribution in [-0.2, 0) is 17.0 Å². The molecule has 7 heteroatoms. The van der Waals surface area contributed by atoms with Crippen molar-refractivity contribution in [2.24, 2.45) is 0 Å². The molecule has 0 bridgehead atoms. The number of likely N-dealkylation sites (N-methyl/N-ethyl adjacent to an activating group) is 1. The van der Waals surface area contributed by atoms with Gasteiger partial charge in [-0.2, -0.15) is 0 Å². The van der Waals surface area contributed by atoms with Gasteiger partial charge < -0.3 is 19.3 Å². The van der Waals surface area contributed by atoms with E-state index in [1.54, 1.807) is 17.8 Å². The van der Waals surface area contributed by atoms with E-state index in [0.29, 0.717) is 17.9 Å². The van der Waals surface area contributed by atoms with Crippen LogP contribution in [0.5, 0.6) is 5.75 Å². The van der Waals surface area contributed by atoms with Gasteiger partial charge in [0.1, 0.15) is 5.75 Å². The molecule has 1 aromatic heterocycles. The van der Waals surface area contributed by atoms with Gasteiger partial charge in [-0.1, -0.05) is 53.6 Å². The molecule has 0 saturated heterocycles. The van der Waals surface area contributed by atoms with Crippen LogP contribution in [0.25, 0.3) is 16.5 Å². The predicted octanol–water partition coefficient (Wildman–Crippen LogP) is 7.93. The number of fused-ring (bicyclic) bond motifs is 1. The van der Waals surface area contributed by atoms with Crippen LogP contribution < -0.4 is 0 Å². The highest BCUT2D eigenvalue weighted by Crippen LogP contribution is 2.39. The summed E-state index contributed by atoms with van der Waals surface area (Å²) in [6.07, 6.45) is 3.06. The van der Waals surface area contributed by atoms with Gasteiger partial charge in [-0.05, 0) is 76.1 Å². The minimum absolute atomic E-state index is 0. The van der Waals surface area contributed by atoms with E-state index in [1.165, 1.54) is 21.6 Å². The normalized spacial score (nSPS) is 13.6. The van der Waals surface area contributed by atoms with Gasteiger partial charge in [0.2, 0.25) is 0 Å². The minimum atomic E-state index is -0.350. The summed E-state index contributed by atoms with van der Waals surface area (Å²) in [6.45, 7) is 10.8. The Balaban J connectivity index is 0.00000387. The zero-order valence-electron chi connectivity index (χ0n) is 24.5. The Morgan fingerprint density at radius 1 is 1.02 bits per heavy atom. The number of rotatable bonds is 8. The number of thioether (sulfide) groups is 1. The number of aromatic nitrogens is 1. The SMILES string of the molecule is CCOC(=O)c1c(CSc2ccc(C)cc2C)n(Cc2ccc(C)cc2)c2cc(C3=CCN(C)CC3)c(O)cc12.Cl. The Kier molecular flexibility index (Phi) is 9.90. The Hall–Kier alpha value is -3.19. The van der Waals surface area contributed by atoms with E-state index < -0.39 is 0 Å². The molecular formula is C34H39ClN2O3S. The monoisotopic (exact) mass is 590 g/mol. The summed E-state index contributed by atoms with van der Waals surface area (Å²) in [7, 11) is 2.11. The lowest BCUT2D eigenvalue weighted by Gasteiger charge is -2.22. The van der Waals surface area contributed by atoms with Gasteiger partial charge in [-0.3, -0.25) is 0 Å². The second-order valence-electron chi connectivity index (χ2n) is 10.8. The lowest BCUT2D eigenvalue weighted by Crippen LogP contribution is -2.23. The van der Waals surface area contributed by atoms with Gasteiger partial charge in [0.15, 0.2) is 0 Å². The smallest absolute Gasteiger partial charge is 0.340 e. The van der Waals surface area contributed by atoms with Gasteiger partial charge in [-0.15, -0.1) is 24.2 Å². The number of halogens is 1. The van der Waals surface area contributed by atoms with Crippen molar-refractivity contribution in [3.05, 3.63) is 99.7 Å². The molecule has 0 fully saturated rings. The Bertz CT molecular complexity index is 1590. The first-order valence-corrected chi connectivity index (χ1v) is 14.9. The van der Waals surface area contributed by atoms with Crippen LogP contribution in [0.15, 0.2) is 65.6 Å². The van der Waals surface area contributed by atoms with E-state index in [1.807, 2.05) is 6.92 Å². The quantitative estimate of drug-likeness (QED) is 0.167. The highest BCUT2D eigenvalue weighted by atomic mass is 35.5. The van der Waals surface area contributed by atoms with Gasteiger partial charge in [-0.25, -0.2) is 4.79 Å². The fraction of sp³-hybridized carbons (Fsp3) is 0.324. The van der Waals surface area contributed by atoms with E-state index in [0.717, 1.165) is 52.8 Å². The summed E-state index contributed by atoms with van der Waals surface area (Å²) in [4.78, 5) is 17.0. The van der Waals surface area contributed by atoms with Crippen LogP contribution in [0.1, 0.15) is 57.2 Å². The van der Waals surface area contributed by atoms with Crippen LogP contribution >= 0.6 is 24.2 Å². The number of phenolic OH excluding ortho intramolecular Hbond substituents is 1. The zero-order valence-corrected chi connectivity index (χ0v) is 26.1. The third kappa shape index (κ3) is 6.66. The van der Waals surface area contributed by atoms with Crippen LogP contribution in [-0.4, -0.2) is 47.3 Å². The number of carbonyl (C=O) groups excluding carboxylic acids is 1. The number of nitrogens with zero attached hydrogens (tertiary/aromatic N) is 2. The number of carbonyl (C=O) groups is 1. The van der Waals surface area contributed by atoms with Gasteiger partial charge in [0.05, 0.1) is 17.7 Å². The maximum Gasteiger partial charge on any atom is 0.340 e. The van der Waals surface area contributed by atoms with Crippen molar-refractivity contribution < 1.29 is 14.6 Å². The molecule has 0 aliphatic carbocycles. The molecule has 5 nitrogen and oxygen atoms in total. The maximum atomic E-state index is 13.5. The highest BCUT2D eigenvalue weighted by molar-refractivity contribution is 7.98. The number of ether oxygens (including phenoxy) is 1. The van der Waals surface area contributed by atoms with Crippen LogP contribution in [0.3, 0.4) is 0 Å². The van der Waals surface area contributed by atoms with E-state index in [-0.39, 0.29) is 30.7 Å². The molecule has 5 rings (SSSR count). The summed E-state index contributed by atoms with van der Waals surface area (Å²) < 4.78 is 7.84. The van der Waals surface area contributed by atoms with E-state index in [9.17, 15) is 9.90 Å². The van der Waals surface area contributed by atoms with Crippen molar-refractivity contribution in [3.63, 3.8) is 0 Å². The molecule has 2 heterocycles. The number of hydrogen-bond acceptors (Lipinski definition) is 5. The molecule has 0 atom stereocenters. The number of phenols is 1. The number of aromatic hydroxyl groups is 1. The first-order valence-electron chi connectivity index (χ1n) is 13.9. The Morgan fingerprint density at radius 2 is 1.76 bits per heavy atom. The molecule has 1 aliphatic rings. The first kappa shape index (κ1) is 30.8. The standard InChI is InChI=1S/C34H38N2O3S.ClH/c1-6-39-34(38)33-28-19-31(37)27(26-13-15-35(5)16-14-26)18-29(28)36(20-25-10-7-22(2)8-11-25)30(33)21-40-32-12-9-23(3)17-24(32)4;/h7-13,17-19,37H,6,14-16,20-21H2,1-5H3;1H. The average molecular weight is 591 g/mol. The molecule has 216 valence electrons. The van der Waals surface area contributed by atoms with E-state index in [4.69, 9.17) is 4.74 Å².